The molecule has 114 valence electrons. The number of nitriles is 1. The molecule has 0 spiro atoms. The van der Waals surface area contributed by atoms with Crippen molar-refractivity contribution in [3.8, 4) is 11.8 Å². The summed E-state index contributed by atoms with van der Waals surface area (Å²) in [5.41, 5.74) is 5.95. The van der Waals surface area contributed by atoms with Crippen LogP contribution in [-0.2, 0) is 9.84 Å². The van der Waals surface area contributed by atoms with Gasteiger partial charge in [0.25, 0.3) is 5.04 Å². The van der Waals surface area contributed by atoms with Crippen molar-refractivity contribution in [3.63, 3.8) is 0 Å². The molecule has 0 aliphatic rings. The first-order valence-corrected chi connectivity index (χ1v) is 8.28. The first-order chi connectivity index (χ1) is 10.3. The van der Waals surface area contributed by atoms with Gasteiger partial charge in [-0.1, -0.05) is 0 Å². The normalized spacial score (nSPS) is 12.0. The van der Waals surface area contributed by atoms with Crippen molar-refractivity contribution in [2.24, 2.45) is 5.10 Å². The van der Waals surface area contributed by atoms with E-state index < -0.39 is 14.9 Å². The van der Waals surface area contributed by atoms with E-state index in [-0.39, 0.29) is 0 Å². The third-order valence-corrected chi connectivity index (χ3v) is 3.74. The average Bonchev–Trinajstić information content (AvgIpc) is 2.77. The summed E-state index contributed by atoms with van der Waals surface area (Å²) >= 11 is 0. The highest BCUT2D eigenvalue weighted by molar-refractivity contribution is 8.06. The van der Waals surface area contributed by atoms with Gasteiger partial charge in [0.15, 0.2) is 0 Å². The summed E-state index contributed by atoms with van der Waals surface area (Å²) in [4.78, 5) is 0. The zero-order chi connectivity index (χ0) is 16.3. The van der Waals surface area contributed by atoms with Crippen LogP contribution in [-0.4, -0.2) is 29.5 Å². The maximum Gasteiger partial charge on any atom is 0.251 e. The summed E-state index contributed by atoms with van der Waals surface area (Å²) in [6, 6.07) is 10.6. The molecule has 0 saturated carbocycles. The van der Waals surface area contributed by atoms with E-state index in [4.69, 9.17) is 5.26 Å². The Morgan fingerprint density at radius 2 is 1.95 bits per heavy atom. The van der Waals surface area contributed by atoms with Crippen LogP contribution < -0.4 is 5.43 Å². The van der Waals surface area contributed by atoms with Gasteiger partial charge >= 0.3 is 0 Å². The molecule has 1 heterocycles. The molecule has 1 N–H and O–H groups in total. The highest BCUT2D eigenvalue weighted by Gasteiger charge is 2.12. The molecule has 0 fully saturated rings. The number of anilines is 1. The minimum Gasteiger partial charge on any atom is -0.277 e. The number of nitrogens with one attached hydrogen (secondary N) is 1. The molecule has 0 bridgehead atoms. The average molecular weight is 317 g/mol. The number of rotatable bonds is 3. The maximum atomic E-state index is 11.3. The minimum absolute atomic E-state index is 0.560. The van der Waals surface area contributed by atoms with E-state index in [0.29, 0.717) is 5.69 Å². The summed E-state index contributed by atoms with van der Waals surface area (Å²) in [5.74, 6) is 0. The lowest BCUT2D eigenvalue weighted by Crippen LogP contribution is -2.12. The summed E-state index contributed by atoms with van der Waals surface area (Å²) in [7, 11) is -3.63. The first kappa shape index (κ1) is 15.7. The second-order valence-electron chi connectivity index (χ2n) is 4.80. The van der Waals surface area contributed by atoms with Gasteiger partial charge in [0.05, 0.1) is 17.1 Å². The standard InChI is InChI=1S/C14H15N5O2S/c1-10-8-11(2)19(18-10)13-6-4-12(5-7-13)16-17-14(9-15)22(3,20)21/h4-8,16H,1-3H3/b17-14-. The number of benzene rings is 1. The van der Waals surface area contributed by atoms with Crippen LogP contribution in [0.4, 0.5) is 5.69 Å². The number of sulfone groups is 1. The highest BCUT2D eigenvalue weighted by Crippen LogP contribution is 2.15. The molecule has 22 heavy (non-hydrogen) atoms. The lowest BCUT2D eigenvalue weighted by Gasteiger charge is -2.06. The largest absolute Gasteiger partial charge is 0.277 e. The molecule has 0 aliphatic carbocycles. The topological polar surface area (TPSA) is 100 Å². The van der Waals surface area contributed by atoms with Crippen LogP contribution in [0.3, 0.4) is 0 Å². The van der Waals surface area contributed by atoms with Gasteiger partial charge in [-0.2, -0.15) is 15.5 Å². The van der Waals surface area contributed by atoms with E-state index in [9.17, 15) is 8.42 Å². The Kier molecular flexibility index (Phi) is 4.28. The molecule has 1 aromatic carbocycles. The van der Waals surface area contributed by atoms with E-state index in [1.165, 1.54) is 0 Å². The van der Waals surface area contributed by atoms with Crippen molar-refractivity contribution in [2.75, 3.05) is 11.7 Å². The smallest absolute Gasteiger partial charge is 0.251 e. The molecule has 2 rings (SSSR count). The SMILES string of the molecule is Cc1cc(C)n(-c2ccc(N/N=C(/C#N)S(C)(=O)=O)cc2)n1. The minimum atomic E-state index is -3.63. The zero-order valence-corrected chi connectivity index (χ0v) is 13.2. The monoisotopic (exact) mass is 317 g/mol. The van der Waals surface area contributed by atoms with Crippen molar-refractivity contribution in [3.05, 3.63) is 41.7 Å². The molecule has 0 radical (unpaired) electrons. The van der Waals surface area contributed by atoms with Crippen molar-refractivity contribution >= 4 is 20.6 Å². The molecule has 0 aliphatic heterocycles. The fraction of sp³-hybridized carbons (Fsp3) is 0.214. The summed E-state index contributed by atoms with van der Waals surface area (Å²) in [5, 5.41) is 16.2. The molecule has 8 heteroatoms. The van der Waals surface area contributed by atoms with Gasteiger partial charge in [0.2, 0.25) is 9.84 Å². The number of hydrazone groups is 1. The predicted octanol–water partition coefficient (Wildman–Crippen LogP) is 1.78. The summed E-state index contributed by atoms with van der Waals surface area (Å²) < 4.78 is 24.3. The van der Waals surface area contributed by atoms with Gasteiger partial charge in [-0.15, -0.1) is 0 Å². The fourth-order valence-corrected chi connectivity index (χ4v) is 2.25. The van der Waals surface area contributed by atoms with Crippen LogP contribution in [0, 0.1) is 25.2 Å². The fourth-order valence-electron chi connectivity index (χ4n) is 1.87. The van der Waals surface area contributed by atoms with Gasteiger partial charge in [-0.05, 0) is 44.2 Å². The van der Waals surface area contributed by atoms with Crippen LogP contribution >= 0.6 is 0 Å². The zero-order valence-electron chi connectivity index (χ0n) is 12.4. The molecular weight excluding hydrogens is 302 g/mol. The van der Waals surface area contributed by atoms with E-state index in [1.807, 2.05) is 32.0 Å². The number of aromatic nitrogens is 2. The highest BCUT2D eigenvalue weighted by atomic mass is 32.2. The van der Waals surface area contributed by atoms with Gasteiger partial charge < -0.3 is 0 Å². The lowest BCUT2D eigenvalue weighted by molar-refractivity contribution is 0.612. The Morgan fingerprint density at radius 3 is 2.41 bits per heavy atom. The predicted molar refractivity (Wildman–Crippen MR) is 84.6 cm³/mol. The Bertz CT molecular complexity index is 858. The van der Waals surface area contributed by atoms with Crippen molar-refractivity contribution in [1.29, 1.82) is 5.26 Å². The van der Waals surface area contributed by atoms with Crippen LogP contribution in [0.2, 0.25) is 0 Å². The third kappa shape index (κ3) is 3.51. The second-order valence-corrected chi connectivity index (χ2v) is 6.73. The van der Waals surface area contributed by atoms with E-state index in [1.54, 1.807) is 22.9 Å². The van der Waals surface area contributed by atoms with Gasteiger partial charge in [-0.25, -0.2) is 13.1 Å². The molecular formula is C14H15N5O2S. The molecule has 1 aromatic heterocycles. The summed E-state index contributed by atoms with van der Waals surface area (Å²) in [6.45, 7) is 3.88. The van der Waals surface area contributed by atoms with E-state index in [2.05, 4.69) is 15.6 Å². The van der Waals surface area contributed by atoms with Crippen LogP contribution in [0.15, 0.2) is 35.4 Å². The Balaban J connectivity index is 2.22. The van der Waals surface area contributed by atoms with E-state index >= 15 is 0 Å². The lowest BCUT2D eigenvalue weighted by atomic mass is 10.3. The summed E-state index contributed by atoms with van der Waals surface area (Å²) in [6.07, 6.45) is 0.933. The number of hydrogen-bond acceptors (Lipinski definition) is 6. The van der Waals surface area contributed by atoms with Crippen molar-refractivity contribution in [2.45, 2.75) is 13.8 Å². The Morgan fingerprint density at radius 1 is 1.32 bits per heavy atom. The van der Waals surface area contributed by atoms with Crippen molar-refractivity contribution in [1.82, 2.24) is 9.78 Å². The number of aryl methyl sites for hydroxylation is 2. The Labute approximate surface area is 128 Å². The maximum absolute atomic E-state index is 11.3. The molecule has 0 amide bonds. The van der Waals surface area contributed by atoms with Crippen molar-refractivity contribution < 1.29 is 8.42 Å². The molecule has 7 nitrogen and oxygen atoms in total. The second kappa shape index (κ2) is 5.99. The van der Waals surface area contributed by atoms with Crippen LogP contribution in [0.5, 0.6) is 0 Å². The third-order valence-electron chi connectivity index (χ3n) is 2.85. The van der Waals surface area contributed by atoms with Crippen LogP contribution in [0.1, 0.15) is 11.4 Å². The van der Waals surface area contributed by atoms with Gasteiger partial charge in [-0.3, -0.25) is 5.43 Å². The first-order valence-electron chi connectivity index (χ1n) is 6.39. The van der Waals surface area contributed by atoms with Gasteiger partial charge in [0.1, 0.15) is 6.07 Å². The van der Waals surface area contributed by atoms with Crippen LogP contribution in [0.25, 0.3) is 5.69 Å². The molecule has 0 unspecified atom stereocenters. The quantitative estimate of drug-likeness (QED) is 0.528. The molecule has 0 atom stereocenters. The molecule has 0 saturated heterocycles. The number of nitrogens with zero attached hydrogens (tertiary/aromatic N) is 4. The van der Waals surface area contributed by atoms with E-state index in [0.717, 1.165) is 23.3 Å². The molecule has 2 aromatic rings. The van der Waals surface area contributed by atoms with Gasteiger partial charge in [0, 0.05) is 11.9 Å². The number of hydrogen-bond donors (Lipinski definition) is 1. The Hall–Kier alpha value is -2.66.